The Hall–Kier alpha value is -2.93. The van der Waals surface area contributed by atoms with Crippen LogP contribution in [0.5, 0.6) is 5.75 Å². The van der Waals surface area contributed by atoms with Crippen LogP contribution in [-0.4, -0.2) is 55.5 Å². The first-order valence-corrected chi connectivity index (χ1v) is 10.00. The number of hydrogen-bond acceptors (Lipinski definition) is 3. The highest BCUT2D eigenvalue weighted by molar-refractivity contribution is 5.94. The Morgan fingerprint density at radius 2 is 1.70 bits per heavy atom. The van der Waals surface area contributed by atoms with Crippen molar-refractivity contribution in [3.05, 3.63) is 60.4 Å². The predicted molar refractivity (Wildman–Crippen MR) is 115 cm³/mol. The van der Waals surface area contributed by atoms with Crippen molar-refractivity contribution < 1.29 is 23.6 Å². The third kappa shape index (κ3) is 7.83. The highest BCUT2D eigenvalue weighted by atomic mass is 19.1. The number of carbonyl (C=O) groups excluding carboxylic acids is 2. The van der Waals surface area contributed by atoms with E-state index in [2.05, 4.69) is 5.32 Å². The van der Waals surface area contributed by atoms with Gasteiger partial charge in [-0.05, 0) is 57.2 Å². The second-order valence-electron chi connectivity index (χ2n) is 8.25. The molecule has 2 N–H and O–H groups in total. The van der Waals surface area contributed by atoms with E-state index in [9.17, 15) is 14.0 Å². The Morgan fingerprint density at radius 3 is 2.30 bits per heavy atom. The number of para-hydroxylation sites is 1. The molecule has 0 radical (unpaired) electrons. The molecule has 0 saturated heterocycles. The highest BCUT2D eigenvalue weighted by Crippen LogP contribution is 2.14. The maximum Gasteiger partial charge on any atom is 0.278 e. The zero-order valence-corrected chi connectivity index (χ0v) is 18.1. The summed E-state index contributed by atoms with van der Waals surface area (Å²) in [4.78, 5) is 27.9. The standard InChI is InChI=1S/C23H30FN3O3/c1-23(2,3)27(16-21(28)25-19-12-10-18(24)11-13-19)22(29)17-26(4)14-15-30-20-8-6-5-7-9-20/h5-13H,14-17H2,1-4H3,(H,25,28)/p+1. The quantitative estimate of drug-likeness (QED) is 0.657. The fourth-order valence-electron chi connectivity index (χ4n) is 2.88. The molecule has 30 heavy (non-hydrogen) atoms. The maximum absolute atomic E-state index is 13.0. The summed E-state index contributed by atoms with van der Waals surface area (Å²) in [5.41, 5.74) is -0.0265. The Kier molecular flexibility index (Phi) is 8.35. The molecule has 7 heteroatoms. The molecule has 0 bridgehead atoms. The molecule has 162 valence electrons. The van der Waals surface area contributed by atoms with Crippen molar-refractivity contribution in [3.8, 4) is 5.75 Å². The molecular formula is C23H31FN3O3+. The topological polar surface area (TPSA) is 63.1 Å². The number of rotatable bonds is 9. The van der Waals surface area contributed by atoms with Crippen LogP contribution in [0.4, 0.5) is 10.1 Å². The van der Waals surface area contributed by atoms with E-state index in [1.807, 2.05) is 58.2 Å². The summed E-state index contributed by atoms with van der Waals surface area (Å²) in [7, 11) is 1.92. The van der Waals surface area contributed by atoms with Gasteiger partial charge in [0.05, 0.1) is 7.05 Å². The second-order valence-corrected chi connectivity index (χ2v) is 8.25. The lowest BCUT2D eigenvalue weighted by atomic mass is 10.1. The first-order valence-electron chi connectivity index (χ1n) is 10.00. The van der Waals surface area contributed by atoms with Crippen LogP contribution in [0.15, 0.2) is 54.6 Å². The molecule has 0 aliphatic rings. The summed E-state index contributed by atoms with van der Waals surface area (Å²) < 4.78 is 18.7. The zero-order chi connectivity index (χ0) is 22.1. The lowest BCUT2D eigenvalue weighted by Gasteiger charge is -2.35. The molecule has 0 spiro atoms. The molecule has 1 atom stereocenters. The van der Waals surface area contributed by atoms with Crippen LogP contribution in [0, 0.1) is 5.82 Å². The van der Waals surface area contributed by atoms with Crippen LogP contribution < -0.4 is 15.0 Å². The third-order valence-electron chi connectivity index (χ3n) is 4.53. The van der Waals surface area contributed by atoms with E-state index in [1.54, 1.807) is 4.90 Å². The van der Waals surface area contributed by atoms with E-state index in [0.29, 0.717) is 18.8 Å². The number of amides is 2. The molecule has 0 aliphatic heterocycles. The van der Waals surface area contributed by atoms with E-state index in [0.717, 1.165) is 10.6 Å². The second kappa shape index (κ2) is 10.7. The van der Waals surface area contributed by atoms with Gasteiger partial charge in [-0.1, -0.05) is 18.2 Å². The molecule has 2 aromatic rings. The molecule has 6 nitrogen and oxygen atoms in total. The lowest BCUT2D eigenvalue weighted by molar-refractivity contribution is -0.871. The number of carbonyl (C=O) groups is 2. The van der Waals surface area contributed by atoms with Crippen LogP contribution in [0.25, 0.3) is 0 Å². The predicted octanol–water partition coefficient (Wildman–Crippen LogP) is 1.99. The fraction of sp³-hybridized carbons (Fsp3) is 0.391. The largest absolute Gasteiger partial charge is 0.488 e. The van der Waals surface area contributed by atoms with Crippen molar-refractivity contribution in [2.45, 2.75) is 26.3 Å². The monoisotopic (exact) mass is 416 g/mol. The van der Waals surface area contributed by atoms with Crippen molar-refractivity contribution in [3.63, 3.8) is 0 Å². The van der Waals surface area contributed by atoms with Crippen molar-refractivity contribution >= 4 is 17.5 Å². The maximum atomic E-state index is 13.0. The van der Waals surface area contributed by atoms with E-state index >= 15 is 0 Å². The number of halogens is 1. The van der Waals surface area contributed by atoms with Gasteiger partial charge in [-0.25, -0.2) is 4.39 Å². The van der Waals surface area contributed by atoms with Gasteiger partial charge < -0.3 is 19.9 Å². The lowest BCUT2D eigenvalue weighted by Crippen LogP contribution is -3.11. The Bertz CT molecular complexity index is 820. The highest BCUT2D eigenvalue weighted by Gasteiger charge is 2.30. The Labute approximate surface area is 177 Å². The minimum Gasteiger partial charge on any atom is -0.488 e. The molecule has 2 amide bonds. The SMILES string of the molecule is C[NH+](CCOc1ccccc1)CC(=O)N(CC(=O)Nc1ccc(F)cc1)C(C)(C)C. The van der Waals surface area contributed by atoms with Crippen molar-refractivity contribution in [2.24, 2.45) is 0 Å². The molecular weight excluding hydrogens is 385 g/mol. The Morgan fingerprint density at radius 1 is 1.07 bits per heavy atom. The summed E-state index contributed by atoms with van der Waals surface area (Å²) in [5.74, 6) is -0.0175. The number of nitrogens with one attached hydrogen (secondary N) is 2. The molecule has 0 aliphatic carbocycles. The summed E-state index contributed by atoms with van der Waals surface area (Å²) in [6.07, 6.45) is 0. The number of likely N-dealkylation sites (N-methyl/N-ethyl adjacent to an activating group) is 1. The molecule has 0 aromatic heterocycles. The average Bonchev–Trinajstić information content (AvgIpc) is 2.68. The van der Waals surface area contributed by atoms with Crippen LogP contribution in [0.3, 0.4) is 0 Å². The molecule has 0 heterocycles. The number of benzene rings is 2. The number of anilines is 1. The van der Waals surface area contributed by atoms with Gasteiger partial charge >= 0.3 is 0 Å². The number of hydrogen-bond donors (Lipinski definition) is 2. The summed E-state index contributed by atoms with van der Waals surface area (Å²) >= 11 is 0. The van der Waals surface area contributed by atoms with E-state index < -0.39 is 5.54 Å². The van der Waals surface area contributed by atoms with E-state index in [4.69, 9.17) is 4.74 Å². The number of quaternary nitrogens is 1. The first kappa shape index (κ1) is 23.3. The van der Waals surface area contributed by atoms with Crippen molar-refractivity contribution in [1.29, 1.82) is 0 Å². The third-order valence-corrected chi connectivity index (χ3v) is 4.53. The van der Waals surface area contributed by atoms with Gasteiger partial charge in [0.15, 0.2) is 6.54 Å². The van der Waals surface area contributed by atoms with Crippen LogP contribution in [-0.2, 0) is 9.59 Å². The van der Waals surface area contributed by atoms with Gasteiger partial charge in [0.2, 0.25) is 5.91 Å². The smallest absolute Gasteiger partial charge is 0.278 e. The minimum absolute atomic E-state index is 0.0759. The number of ether oxygens (including phenoxy) is 1. The molecule has 2 rings (SSSR count). The van der Waals surface area contributed by atoms with Gasteiger partial charge in [-0.3, -0.25) is 9.59 Å². The van der Waals surface area contributed by atoms with Crippen molar-refractivity contribution in [2.75, 3.05) is 38.6 Å². The van der Waals surface area contributed by atoms with Gasteiger partial charge in [0.25, 0.3) is 5.91 Å². The fourth-order valence-corrected chi connectivity index (χ4v) is 2.88. The van der Waals surface area contributed by atoms with Gasteiger partial charge in [-0.2, -0.15) is 0 Å². The zero-order valence-electron chi connectivity index (χ0n) is 18.1. The summed E-state index contributed by atoms with van der Waals surface area (Å²) in [6.45, 7) is 6.99. The normalized spacial score (nSPS) is 12.2. The average molecular weight is 417 g/mol. The molecule has 0 saturated carbocycles. The van der Waals surface area contributed by atoms with Gasteiger partial charge in [-0.15, -0.1) is 0 Å². The van der Waals surface area contributed by atoms with Crippen molar-refractivity contribution in [1.82, 2.24) is 4.90 Å². The molecule has 2 aromatic carbocycles. The van der Waals surface area contributed by atoms with Crippen LogP contribution in [0.1, 0.15) is 20.8 Å². The van der Waals surface area contributed by atoms with E-state index in [1.165, 1.54) is 24.3 Å². The minimum atomic E-state index is -0.516. The summed E-state index contributed by atoms with van der Waals surface area (Å²) in [6, 6.07) is 15.1. The van der Waals surface area contributed by atoms with E-state index in [-0.39, 0.29) is 30.7 Å². The Balaban J connectivity index is 1.87. The van der Waals surface area contributed by atoms with Crippen LogP contribution in [0.2, 0.25) is 0 Å². The summed E-state index contributed by atoms with van der Waals surface area (Å²) in [5, 5.41) is 2.71. The van der Waals surface area contributed by atoms with Gasteiger partial charge in [0.1, 0.15) is 31.3 Å². The number of nitrogens with zero attached hydrogens (tertiary/aromatic N) is 1. The molecule has 1 unspecified atom stereocenters. The van der Waals surface area contributed by atoms with Gasteiger partial charge in [0, 0.05) is 11.2 Å². The van der Waals surface area contributed by atoms with Crippen LogP contribution >= 0.6 is 0 Å². The first-order chi connectivity index (χ1) is 14.1. The molecule has 0 fully saturated rings.